The quantitative estimate of drug-likeness (QED) is 0.549. The summed E-state index contributed by atoms with van der Waals surface area (Å²) < 4.78 is 0. The van der Waals surface area contributed by atoms with E-state index in [0.717, 1.165) is 0 Å². The predicted molar refractivity (Wildman–Crippen MR) is 68.4 cm³/mol. The van der Waals surface area contributed by atoms with Crippen LogP contribution < -0.4 is 0 Å². The maximum absolute atomic E-state index is 4.29. The molecule has 0 amide bonds. The van der Waals surface area contributed by atoms with Crippen LogP contribution in [0.3, 0.4) is 0 Å². The van der Waals surface area contributed by atoms with Gasteiger partial charge in [-0.2, -0.15) is 0 Å². The summed E-state index contributed by atoms with van der Waals surface area (Å²) in [7, 11) is 0. The van der Waals surface area contributed by atoms with Gasteiger partial charge in [-0.05, 0) is 12.8 Å². The number of nitrogens with zero attached hydrogens (tertiary/aromatic N) is 1. The molecule has 0 aliphatic carbocycles. The Morgan fingerprint density at radius 2 is 1.67 bits per heavy atom. The minimum absolute atomic E-state index is 1.19. The molecule has 0 radical (unpaired) electrons. The summed E-state index contributed by atoms with van der Waals surface area (Å²) in [5.41, 5.74) is 0. The molecule has 15 heavy (non-hydrogen) atoms. The lowest BCUT2D eigenvalue weighted by molar-refractivity contribution is 0.575. The van der Waals surface area contributed by atoms with Gasteiger partial charge in [0, 0.05) is 11.6 Å². The molecule has 0 unspecified atom stereocenters. The molecular weight excluding hydrogens is 202 g/mol. The highest BCUT2D eigenvalue weighted by Crippen LogP contribution is 2.12. The molecule has 0 aromatic carbocycles. The van der Waals surface area contributed by atoms with E-state index in [9.17, 15) is 0 Å². The Labute approximate surface area is 97.9 Å². The summed E-state index contributed by atoms with van der Waals surface area (Å²) in [4.78, 5) is 4.29. The maximum Gasteiger partial charge on any atom is 0.0924 e. The molecule has 0 spiro atoms. The van der Waals surface area contributed by atoms with E-state index >= 15 is 0 Å². The summed E-state index contributed by atoms with van der Waals surface area (Å²) >= 11 is 1.79. The van der Waals surface area contributed by atoms with Crippen molar-refractivity contribution in [1.29, 1.82) is 0 Å². The van der Waals surface area contributed by atoms with Crippen molar-refractivity contribution in [1.82, 2.24) is 4.98 Å². The summed E-state index contributed by atoms with van der Waals surface area (Å²) in [6.07, 6.45) is 14.3. The second-order valence-electron chi connectivity index (χ2n) is 4.15. The standard InChI is InChI=1S/C13H23NS/c1-2-3-4-5-6-7-8-9-10-13-14-11-12-15-13/h11-12H,2-10H2,1H3. The number of rotatable bonds is 9. The van der Waals surface area contributed by atoms with Gasteiger partial charge in [-0.25, -0.2) is 4.98 Å². The minimum Gasteiger partial charge on any atom is -0.250 e. The van der Waals surface area contributed by atoms with Crippen molar-refractivity contribution in [2.75, 3.05) is 0 Å². The van der Waals surface area contributed by atoms with E-state index < -0.39 is 0 Å². The van der Waals surface area contributed by atoms with Crippen LogP contribution in [0.2, 0.25) is 0 Å². The molecule has 1 nitrogen and oxygen atoms in total. The largest absolute Gasteiger partial charge is 0.250 e. The van der Waals surface area contributed by atoms with Crippen LogP contribution >= 0.6 is 11.3 Å². The first-order valence-electron chi connectivity index (χ1n) is 6.32. The SMILES string of the molecule is CCCCCCCCCCc1nccs1. The van der Waals surface area contributed by atoms with Crippen molar-refractivity contribution in [3.63, 3.8) is 0 Å². The Balaban J connectivity index is 1.81. The third kappa shape index (κ3) is 6.67. The topological polar surface area (TPSA) is 12.9 Å². The molecule has 1 rings (SSSR count). The number of aryl methyl sites for hydroxylation is 1. The Hall–Kier alpha value is -0.370. The molecule has 0 N–H and O–H groups in total. The minimum atomic E-state index is 1.19. The van der Waals surface area contributed by atoms with E-state index in [4.69, 9.17) is 0 Å². The van der Waals surface area contributed by atoms with E-state index in [2.05, 4.69) is 17.3 Å². The van der Waals surface area contributed by atoms with Crippen molar-refractivity contribution in [3.05, 3.63) is 16.6 Å². The monoisotopic (exact) mass is 225 g/mol. The van der Waals surface area contributed by atoms with Crippen LogP contribution in [0.15, 0.2) is 11.6 Å². The van der Waals surface area contributed by atoms with E-state index in [-0.39, 0.29) is 0 Å². The van der Waals surface area contributed by atoms with Gasteiger partial charge >= 0.3 is 0 Å². The fourth-order valence-electron chi connectivity index (χ4n) is 1.79. The first-order valence-corrected chi connectivity index (χ1v) is 7.20. The van der Waals surface area contributed by atoms with Gasteiger partial charge in [-0.1, -0.05) is 51.9 Å². The smallest absolute Gasteiger partial charge is 0.0924 e. The molecule has 0 fully saturated rings. The summed E-state index contributed by atoms with van der Waals surface area (Å²) in [5.74, 6) is 0. The molecular formula is C13H23NS. The van der Waals surface area contributed by atoms with Crippen LogP contribution in [0.25, 0.3) is 0 Å². The first kappa shape index (κ1) is 12.7. The predicted octanol–water partition coefficient (Wildman–Crippen LogP) is 4.83. The van der Waals surface area contributed by atoms with Crippen molar-refractivity contribution in [2.24, 2.45) is 0 Å². The fraction of sp³-hybridized carbons (Fsp3) is 0.769. The molecule has 1 aromatic heterocycles. The summed E-state index contributed by atoms with van der Waals surface area (Å²) in [6.45, 7) is 2.27. The zero-order valence-electron chi connectivity index (χ0n) is 9.87. The zero-order valence-corrected chi connectivity index (χ0v) is 10.7. The highest BCUT2D eigenvalue weighted by molar-refractivity contribution is 7.09. The van der Waals surface area contributed by atoms with Crippen LogP contribution in [0.1, 0.15) is 63.3 Å². The van der Waals surface area contributed by atoms with Gasteiger partial charge in [-0.3, -0.25) is 0 Å². The van der Waals surface area contributed by atoms with Gasteiger partial charge in [0.1, 0.15) is 0 Å². The number of hydrogen-bond donors (Lipinski definition) is 0. The summed E-state index contributed by atoms with van der Waals surface area (Å²) in [5, 5.41) is 3.38. The Morgan fingerprint density at radius 3 is 2.27 bits per heavy atom. The molecule has 0 saturated carbocycles. The lowest BCUT2D eigenvalue weighted by atomic mass is 10.1. The third-order valence-electron chi connectivity index (χ3n) is 2.73. The van der Waals surface area contributed by atoms with Crippen molar-refractivity contribution >= 4 is 11.3 Å². The maximum atomic E-state index is 4.29. The third-order valence-corrected chi connectivity index (χ3v) is 3.57. The molecule has 2 heteroatoms. The van der Waals surface area contributed by atoms with Gasteiger partial charge in [0.05, 0.1) is 5.01 Å². The second kappa shape index (κ2) is 8.90. The molecule has 0 atom stereocenters. The molecule has 1 aromatic rings. The molecule has 1 heterocycles. The van der Waals surface area contributed by atoms with E-state index in [1.807, 2.05) is 6.20 Å². The Kier molecular flexibility index (Phi) is 7.53. The highest BCUT2D eigenvalue weighted by Gasteiger charge is 1.95. The van der Waals surface area contributed by atoms with Crippen molar-refractivity contribution in [3.8, 4) is 0 Å². The first-order chi connectivity index (χ1) is 7.43. The lowest BCUT2D eigenvalue weighted by Gasteiger charge is -2.00. The van der Waals surface area contributed by atoms with E-state index in [1.54, 1.807) is 11.3 Å². The normalized spacial score (nSPS) is 10.7. The van der Waals surface area contributed by atoms with Crippen LogP contribution in [-0.4, -0.2) is 4.98 Å². The van der Waals surface area contributed by atoms with Gasteiger partial charge in [0.2, 0.25) is 0 Å². The van der Waals surface area contributed by atoms with Crippen LogP contribution in [-0.2, 0) is 6.42 Å². The fourth-order valence-corrected chi connectivity index (χ4v) is 2.45. The average Bonchev–Trinajstić information content (AvgIpc) is 2.75. The Bertz CT molecular complexity index is 218. The highest BCUT2D eigenvalue weighted by atomic mass is 32.1. The zero-order chi connectivity index (χ0) is 10.8. The van der Waals surface area contributed by atoms with Gasteiger partial charge < -0.3 is 0 Å². The number of hydrogen-bond acceptors (Lipinski definition) is 2. The van der Waals surface area contributed by atoms with Gasteiger partial charge in [0.25, 0.3) is 0 Å². The molecule has 0 aliphatic rings. The van der Waals surface area contributed by atoms with Crippen LogP contribution in [0, 0.1) is 0 Å². The van der Waals surface area contributed by atoms with E-state index in [0.29, 0.717) is 0 Å². The number of aromatic nitrogens is 1. The molecule has 0 aliphatic heterocycles. The number of unbranched alkanes of at least 4 members (excludes halogenated alkanes) is 7. The van der Waals surface area contributed by atoms with E-state index in [1.165, 1.54) is 62.8 Å². The number of thiazole rings is 1. The summed E-state index contributed by atoms with van der Waals surface area (Å²) in [6, 6.07) is 0. The van der Waals surface area contributed by atoms with Crippen LogP contribution in [0.5, 0.6) is 0 Å². The second-order valence-corrected chi connectivity index (χ2v) is 5.13. The molecule has 0 bridgehead atoms. The molecule has 0 saturated heterocycles. The lowest BCUT2D eigenvalue weighted by Crippen LogP contribution is -1.85. The van der Waals surface area contributed by atoms with Gasteiger partial charge in [0.15, 0.2) is 0 Å². The van der Waals surface area contributed by atoms with Crippen molar-refractivity contribution < 1.29 is 0 Å². The van der Waals surface area contributed by atoms with Crippen LogP contribution in [0.4, 0.5) is 0 Å². The molecule has 86 valence electrons. The average molecular weight is 225 g/mol. The van der Waals surface area contributed by atoms with Crippen molar-refractivity contribution in [2.45, 2.75) is 64.7 Å². The van der Waals surface area contributed by atoms with Gasteiger partial charge in [-0.15, -0.1) is 11.3 Å². The Morgan fingerprint density at radius 1 is 1.00 bits per heavy atom.